The van der Waals surface area contributed by atoms with Gasteiger partial charge in [-0.05, 0) is 83.3 Å². The van der Waals surface area contributed by atoms with Crippen LogP contribution in [0.15, 0.2) is 60.8 Å². The SMILES string of the molecule is COC(=O)NC(C(=O)N1CC(C)CC1C1Nc2ccc(-c3ccc4cc(-c5cnc(C6CC(C)CN6)[nH]5)ccc4c3)cc2N1)C(C)C. The van der Waals surface area contributed by atoms with Gasteiger partial charge in [-0.1, -0.05) is 58.0 Å². The summed E-state index contributed by atoms with van der Waals surface area (Å²) in [4.78, 5) is 35.9. The van der Waals surface area contributed by atoms with Crippen molar-refractivity contribution in [3.05, 3.63) is 66.6 Å². The molecule has 246 valence electrons. The first-order valence-corrected chi connectivity index (χ1v) is 16.8. The lowest BCUT2D eigenvalue weighted by Crippen LogP contribution is -2.56. The van der Waals surface area contributed by atoms with Gasteiger partial charge in [-0.15, -0.1) is 0 Å². The number of likely N-dealkylation sites (tertiary alicyclic amines) is 1. The van der Waals surface area contributed by atoms with Crippen molar-refractivity contribution in [2.24, 2.45) is 17.8 Å². The molecule has 1 aromatic heterocycles. The first kappa shape index (κ1) is 31.1. The van der Waals surface area contributed by atoms with Crippen LogP contribution in [0.2, 0.25) is 0 Å². The van der Waals surface area contributed by atoms with Crippen molar-refractivity contribution >= 4 is 34.1 Å². The summed E-state index contributed by atoms with van der Waals surface area (Å²) >= 11 is 0. The third kappa shape index (κ3) is 6.14. The second-order valence-corrected chi connectivity index (χ2v) is 14.0. The van der Waals surface area contributed by atoms with E-state index in [1.54, 1.807) is 0 Å². The molecule has 5 N–H and O–H groups in total. The lowest BCUT2D eigenvalue weighted by molar-refractivity contribution is -0.135. The number of nitrogens with zero attached hydrogens (tertiary/aromatic N) is 2. The van der Waals surface area contributed by atoms with Crippen LogP contribution in [0.3, 0.4) is 0 Å². The van der Waals surface area contributed by atoms with E-state index in [0.717, 1.165) is 59.0 Å². The zero-order chi connectivity index (χ0) is 32.8. The molecule has 4 aromatic rings. The summed E-state index contributed by atoms with van der Waals surface area (Å²) in [6, 6.07) is 19.2. The number of hydrogen-bond donors (Lipinski definition) is 5. The smallest absolute Gasteiger partial charge is 0.407 e. The van der Waals surface area contributed by atoms with Gasteiger partial charge < -0.3 is 35.9 Å². The third-order valence-electron chi connectivity index (χ3n) is 10.0. The number of nitrogens with one attached hydrogen (secondary N) is 5. The Labute approximate surface area is 276 Å². The van der Waals surface area contributed by atoms with E-state index in [1.165, 1.54) is 17.9 Å². The standard InChI is InChI=1S/C37H45N7O3/c1-20(2)33(43-37(46)47-5)36(45)44-19-22(4)13-32(44)35-40-28-11-10-26(16-29(28)41-35)24-6-7-25-15-27(9-8-23(25)14-24)31-18-39-34(42-31)30-12-21(3)17-38-30/h6-11,14-16,18,20-22,30,32-33,35,38,40-41H,12-13,17,19H2,1-5H3,(H,39,42)(H,43,46). The van der Waals surface area contributed by atoms with Crippen LogP contribution in [0.1, 0.15) is 52.4 Å². The van der Waals surface area contributed by atoms with Crippen molar-refractivity contribution in [3.63, 3.8) is 0 Å². The molecule has 0 spiro atoms. The number of carbonyl (C=O) groups excluding carboxylic acids is 2. The molecule has 0 radical (unpaired) electrons. The molecule has 6 unspecified atom stereocenters. The molecule has 3 aliphatic heterocycles. The lowest BCUT2D eigenvalue weighted by Gasteiger charge is -2.33. The molecule has 10 heteroatoms. The van der Waals surface area contributed by atoms with Crippen LogP contribution < -0.4 is 21.3 Å². The number of amides is 2. The second-order valence-electron chi connectivity index (χ2n) is 14.0. The number of alkyl carbamates (subject to hydrolysis) is 1. The van der Waals surface area contributed by atoms with Crippen molar-refractivity contribution in [2.75, 3.05) is 30.8 Å². The fraction of sp³-hybridized carbons (Fsp3) is 0.432. The van der Waals surface area contributed by atoms with Crippen LogP contribution in [0.25, 0.3) is 33.2 Å². The molecule has 0 aliphatic carbocycles. The molecule has 47 heavy (non-hydrogen) atoms. The molecule has 4 heterocycles. The number of hydrogen-bond acceptors (Lipinski definition) is 7. The number of aromatic nitrogens is 2. The van der Waals surface area contributed by atoms with Gasteiger partial charge in [-0.2, -0.15) is 0 Å². The summed E-state index contributed by atoms with van der Waals surface area (Å²) in [6.07, 6.45) is 3.19. The van der Waals surface area contributed by atoms with Crippen LogP contribution in [0.4, 0.5) is 16.2 Å². The topological polar surface area (TPSA) is 123 Å². The van der Waals surface area contributed by atoms with Gasteiger partial charge in [0, 0.05) is 12.1 Å². The predicted molar refractivity (Wildman–Crippen MR) is 186 cm³/mol. The van der Waals surface area contributed by atoms with Crippen LogP contribution >= 0.6 is 0 Å². The molecule has 0 bridgehead atoms. The van der Waals surface area contributed by atoms with E-state index in [1.807, 2.05) is 24.9 Å². The number of rotatable bonds is 7. The normalized spacial score (nSPS) is 24.2. The van der Waals surface area contributed by atoms with Crippen molar-refractivity contribution in [1.82, 2.24) is 25.5 Å². The molecule has 2 saturated heterocycles. The number of fused-ring (bicyclic) bond motifs is 2. The number of H-pyrrole nitrogens is 1. The van der Waals surface area contributed by atoms with Crippen molar-refractivity contribution in [1.29, 1.82) is 0 Å². The van der Waals surface area contributed by atoms with Gasteiger partial charge in [0.2, 0.25) is 5.91 Å². The fourth-order valence-corrected chi connectivity index (χ4v) is 7.44. The van der Waals surface area contributed by atoms with Crippen LogP contribution in [-0.4, -0.2) is 65.3 Å². The molecule has 6 atom stereocenters. The number of methoxy groups -OCH3 is 1. The number of benzene rings is 3. The molecule has 2 amide bonds. The van der Waals surface area contributed by atoms with E-state index in [0.29, 0.717) is 24.4 Å². The monoisotopic (exact) mass is 635 g/mol. The number of ether oxygens (including phenoxy) is 1. The first-order chi connectivity index (χ1) is 22.7. The van der Waals surface area contributed by atoms with Gasteiger partial charge in [0.1, 0.15) is 18.0 Å². The van der Waals surface area contributed by atoms with E-state index in [9.17, 15) is 9.59 Å². The molecule has 0 saturated carbocycles. The first-order valence-electron chi connectivity index (χ1n) is 16.8. The quantitative estimate of drug-likeness (QED) is 0.160. The summed E-state index contributed by atoms with van der Waals surface area (Å²) in [5.74, 6) is 1.88. The number of aromatic amines is 1. The highest BCUT2D eigenvalue weighted by Gasteiger charge is 2.43. The molecule has 10 nitrogen and oxygen atoms in total. The zero-order valence-corrected chi connectivity index (χ0v) is 27.8. The number of anilines is 2. The van der Waals surface area contributed by atoms with Gasteiger partial charge in [0.15, 0.2) is 0 Å². The zero-order valence-electron chi connectivity index (χ0n) is 27.8. The minimum atomic E-state index is -0.648. The van der Waals surface area contributed by atoms with Crippen molar-refractivity contribution < 1.29 is 14.3 Å². The van der Waals surface area contributed by atoms with Crippen LogP contribution in [-0.2, 0) is 9.53 Å². The highest BCUT2D eigenvalue weighted by atomic mass is 16.5. The minimum Gasteiger partial charge on any atom is -0.453 e. The maximum Gasteiger partial charge on any atom is 0.407 e. The number of carbonyl (C=O) groups is 2. The Morgan fingerprint density at radius 3 is 2.34 bits per heavy atom. The van der Waals surface area contributed by atoms with E-state index < -0.39 is 12.1 Å². The van der Waals surface area contributed by atoms with E-state index in [4.69, 9.17) is 4.74 Å². The van der Waals surface area contributed by atoms with Gasteiger partial charge >= 0.3 is 6.09 Å². The Bertz CT molecular complexity index is 1800. The molecular weight excluding hydrogens is 590 g/mol. The summed E-state index contributed by atoms with van der Waals surface area (Å²) in [5.41, 5.74) is 6.47. The second kappa shape index (κ2) is 12.6. The maximum absolute atomic E-state index is 13.7. The molecular formula is C37H45N7O3. The largest absolute Gasteiger partial charge is 0.453 e. The van der Waals surface area contributed by atoms with Crippen LogP contribution in [0.5, 0.6) is 0 Å². The third-order valence-corrected chi connectivity index (χ3v) is 10.0. The lowest BCUT2D eigenvalue weighted by atomic mass is 9.99. The minimum absolute atomic E-state index is 0.0622. The Morgan fingerprint density at radius 1 is 0.915 bits per heavy atom. The van der Waals surface area contributed by atoms with Gasteiger partial charge in [-0.25, -0.2) is 9.78 Å². The molecule has 2 fully saturated rings. The average molecular weight is 636 g/mol. The van der Waals surface area contributed by atoms with Crippen LogP contribution in [0, 0.1) is 17.8 Å². The van der Waals surface area contributed by atoms with Crippen molar-refractivity contribution in [3.8, 4) is 22.4 Å². The van der Waals surface area contributed by atoms with E-state index >= 15 is 0 Å². The summed E-state index contributed by atoms with van der Waals surface area (Å²) in [6.45, 7) is 9.99. The fourth-order valence-electron chi connectivity index (χ4n) is 7.44. The molecule has 3 aliphatic rings. The summed E-state index contributed by atoms with van der Waals surface area (Å²) < 4.78 is 4.80. The molecule has 7 rings (SSSR count). The molecule has 3 aromatic carbocycles. The Kier molecular flexibility index (Phi) is 8.30. The predicted octanol–water partition coefficient (Wildman–Crippen LogP) is 6.35. The van der Waals surface area contributed by atoms with E-state index in [-0.39, 0.29) is 24.0 Å². The summed E-state index contributed by atoms with van der Waals surface area (Å²) in [5, 5.41) is 16.0. The maximum atomic E-state index is 13.7. The number of imidazole rings is 1. The Balaban J connectivity index is 1.07. The van der Waals surface area contributed by atoms with Gasteiger partial charge in [0.05, 0.1) is 42.5 Å². The summed E-state index contributed by atoms with van der Waals surface area (Å²) in [7, 11) is 1.32. The Morgan fingerprint density at radius 2 is 1.62 bits per heavy atom. The highest BCUT2D eigenvalue weighted by molar-refractivity contribution is 5.92. The Hall–Kier alpha value is -4.57. The average Bonchev–Trinajstić information content (AvgIpc) is 3.88. The highest BCUT2D eigenvalue weighted by Crippen LogP contribution is 2.38. The van der Waals surface area contributed by atoms with Gasteiger partial charge in [0.25, 0.3) is 0 Å². The van der Waals surface area contributed by atoms with Gasteiger partial charge in [-0.3, -0.25) is 4.79 Å². The van der Waals surface area contributed by atoms with Crippen molar-refractivity contribution in [2.45, 2.75) is 64.8 Å². The van der Waals surface area contributed by atoms with E-state index in [2.05, 4.69) is 99.7 Å².